The van der Waals surface area contributed by atoms with Crippen LogP contribution in [-0.2, 0) is 21.3 Å². The van der Waals surface area contributed by atoms with Crippen molar-refractivity contribution < 1.29 is 9.00 Å². The minimum absolute atomic E-state index is 0. The number of nitrogens with two attached hydrogens (primary N) is 1. The molecule has 0 radical (unpaired) electrons. The summed E-state index contributed by atoms with van der Waals surface area (Å²) in [4.78, 5) is 11.5. The molecule has 0 spiro atoms. The van der Waals surface area contributed by atoms with Gasteiger partial charge in [0.15, 0.2) is 0 Å². The topological polar surface area (TPSA) is 72.2 Å². The van der Waals surface area contributed by atoms with Crippen molar-refractivity contribution in [3.63, 3.8) is 0 Å². The molecular weight excluding hydrogens is 296 g/mol. The van der Waals surface area contributed by atoms with Gasteiger partial charge in [0.05, 0.1) is 6.04 Å². The molecular formula is C14H23ClN2O2S. The Morgan fingerprint density at radius 3 is 2.60 bits per heavy atom. The van der Waals surface area contributed by atoms with Gasteiger partial charge in [0.2, 0.25) is 5.91 Å². The van der Waals surface area contributed by atoms with E-state index in [4.69, 9.17) is 5.73 Å². The van der Waals surface area contributed by atoms with E-state index in [-0.39, 0.29) is 18.3 Å². The Morgan fingerprint density at radius 2 is 2.00 bits per heavy atom. The number of hydrogen-bond acceptors (Lipinski definition) is 3. The first-order chi connectivity index (χ1) is 9.13. The first-order valence-electron chi connectivity index (χ1n) is 6.55. The zero-order chi connectivity index (χ0) is 14.1. The zero-order valence-corrected chi connectivity index (χ0v) is 13.3. The van der Waals surface area contributed by atoms with Crippen LogP contribution in [0.1, 0.15) is 25.3 Å². The highest BCUT2D eigenvalue weighted by Gasteiger charge is 2.11. The van der Waals surface area contributed by atoms with Crippen LogP contribution in [0.2, 0.25) is 0 Å². The summed E-state index contributed by atoms with van der Waals surface area (Å²) in [5.41, 5.74) is 6.73. The van der Waals surface area contributed by atoms with Crippen molar-refractivity contribution in [2.75, 3.05) is 12.3 Å². The van der Waals surface area contributed by atoms with Crippen LogP contribution in [0.25, 0.3) is 0 Å². The van der Waals surface area contributed by atoms with Crippen LogP contribution in [0.4, 0.5) is 0 Å². The van der Waals surface area contributed by atoms with Crippen LogP contribution < -0.4 is 11.1 Å². The molecule has 4 nitrogen and oxygen atoms in total. The van der Waals surface area contributed by atoms with E-state index in [0.29, 0.717) is 24.5 Å². The van der Waals surface area contributed by atoms with E-state index in [1.54, 1.807) is 0 Å². The Labute approximate surface area is 129 Å². The number of carbonyl (C=O) groups excluding carboxylic acids is 1. The summed E-state index contributed by atoms with van der Waals surface area (Å²) in [5.74, 6) is 0.829. The van der Waals surface area contributed by atoms with Crippen LogP contribution in [0, 0.1) is 0 Å². The van der Waals surface area contributed by atoms with Gasteiger partial charge in [0.25, 0.3) is 0 Å². The lowest BCUT2D eigenvalue weighted by molar-refractivity contribution is -0.122. The van der Waals surface area contributed by atoms with E-state index in [0.717, 1.165) is 12.0 Å². The van der Waals surface area contributed by atoms with Crippen molar-refractivity contribution in [3.05, 3.63) is 35.9 Å². The van der Waals surface area contributed by atoms with Gasteiger partial charge in [0, 0.05) is 28.9 Å². The number of carbonyl (C=O) groups is 1. The molecule has 1 rings (SSSR count). The molecule has 20 heavy (non-hydrogen) atoms. The normalized spacial score (nSPS) is 13.1. The summed E-state index contributed by atoms with van der Waals surface area (Å²) in [7, 11) is -0.960. The molecule has 0 heterocycles. The van der Waals surface area contributed by atoms with E-state index in [1.165, 1.54) is 0 Å². The second kappa shape index (κ2) is 10.8. The van der Waals surface area contributed by atoms with Crippen molar-refractivity contribution in [1.82, 2.24) is 5.32 Å². The highest BCUT2D eigenvalue weighted by molar-refractivity contribution is 7.84. The second-order valence-corrected chi connectivity index (χ2v) is 6.04. The molecule has 0 bridgehead atoms. The zero-order valence-electron chi connectivity index (χ0n) is 11.7. The van der Waals surface area contributed by atoms with Gasteiger partial charge in [-0.25, -0.2) is 0 Å². The van der Waals surface area contributed by atoms with Gasteiger partial charge in [-0.1, -0.05) is 43.7 Å². The average molecular weight is 319 g/mol. The monoisotopic (exact) mass is 318 g/mol. The molecule has 0 aromatic heterocycles. The lowest BCUT2D eigenvalue weighted by Gasteiger charge is -2.10. The Bertz CT molecular complexity index is 415. The van der Waals surface area contributed by atoms with E-state index < -0.39 is 16.8 Å². The molecule has 0 aliphatic carbocycles. The van der Waals surface area contributed by atoms with Crippen molar-refractivity contribution >= 4 is 29.1 Å². The van der Waals surface area contributed by atoms with Crippen molar-refractivity contribution in [2.24, 2.45) is 5.73 Å². The molecule has 114 valence electrons. The molecule has 0 saturated heterocycles. The Hall–Kier alpha value is -0.910. The number of halogens is 1. The average Bonchev–Trinajstić information content (AvgIpc) is 2.40. The quantitative estimate of drug-likeness (QED) is 0.764. The lowest BCUT2D eigenvalue weighted by atomic mass is 10.2. The molecule has 3 N–H and O–H groups in total. The molecule has 0 saturated carbocycles. The van der Waals surface area contributed by atoms with E-state index in [1.807, 2.05) is 37.3 Å². The molecule has 6 heteroatoms. The maximum absolute atomic E-state index is 11.8. The fourth-order valence-corrected chi connectivity index (χ4v) is 2.73. The van der Waals surface area contributed by atoms with Gasteiger partial charge >= 0.3 is 0 Å². The number of nitrogens with one attached hydrogen (secondary N) is 1. The largest absolute Gasteiger partial charge is 0.354 e. The predicted molar refractivity (Wildman–Crippen MR) is 86.3 cm³/mol. The fourth-order valence-electron chi connectivity index (χ4n) is 1.69. The van der Waals surface area contributed by atoms with Crippen LogP contribution in [0.3, 0.4) is 0 Å². The van der Waals surface area contributed by atoms with Gasteiger partial charge in [-0.05, 0) is 12.0 Å². The lowest BCUT2D eigenvalue weighted by Crippen LogP contribution is -2.41. The van der Waals surface area contributed by atoms with Gasteiger partial charge in [0.1, 0.15) is 0 Å². The highest BCUT2D eigenvalue weighted by Crippen LogP contribution is 2.02. The van der Waals surface area contributed by atoms with E-state index in [9.17, 15) is 9.00 Å². The predicted octanol–water partition coefficient (Wildman–Crippen LogP) is 1.60. The van der Waals surface area contributed by atoms with Gasteiger partial charge in [-0.15, -0.1) is 12.4 Å². The SMILES string of the molecule is CCCC(N)C(=O)NCCS(=O)Cc1ccccc1.Cl. The maximum atomic E-state index is 11.8. The summed E-state index contributed by atoms with van der Waals surface area (Å²) in [6.45, 7) is 2.40. The summed E-state index contributed by atoms with van der Waals surface area (Å²) in [5, 5.41) is 2.73. The molecule has 2 unspecified atom stereocenters. The standard InChI is InChI=1S/C14H22N2O2S.ClH/c1-2-6-13(15)14(17)16-9-10-19(18)11-12-7-4-3-5-8-12;/h3-5,7-8,13H,2,6,9-11,15H2,1H3,(H,16,17);1H. The fraction of sp³-hybridized carbons (Fsp3) is 0.500. The second-order valence-electron chi connectivity index (χ2n) is 4.46. The van der Waals surface area contributed by atoms with Crippen molar-refractivity contribution in [1.29, 1.82) is 0 Å². The van der Waals surface area contributed by atoms with Gasteiger partial charge in [-0.3, -0.25) is 9.00 Å². The van der Waals surface area contributed by atoms with E-state index in [2.05, 4.69) is 5.32 Å². The number of hydrogen-bond donors (Lipinski definition) is 2. The van der Waals surface area contributed by atoms with Crippen molar-refractivity contribution in [3.8, 4) is 0 Å². The highest BCUT2D eigenvalue weighted by atomic mass is 35.5. The molecule has 0 aliphatic rings. The molecule has 0 fully saturated rings. The Morgan fingerprint density at radius 1 is 1.35 bits per heavy atom. The molecule has 1 aromatic carbocycles. The first-order valence-corrected chi connectivity index (χ1v) is 8.04. The van der Waals surface area contributed by atoms with Crippen molar-refractivity contribution in [2.45, 2.75) is 31.6 Å². The number of rotatable bonds is 8. The molecule has 0 aliphatic heterocycles. The van der Waals surface area contributed by atoms with Gasteiger partial charge in [-0.2, -0.15) is 0 Å². The third-order valence-corrected chi connectivity index (χ3v) is 4.05. The maximum Gasteiger partial charge on any atom is 0.236 e. The number of amides is 1. The minimum Gasteiger partial charge on any atom is -0.354 e. The molecule has 1 amide bonds. The molecule has 2 atom stereocenters. The van der Waals surface area contributed by atoms with Crippen LogP contribution in [0.5, 0.6) is 0 Å². The first kappa shape index (κ1) is 19.1. The Kier molecular flexibility index (Phi) is 10.3. The summed E-state index contributed by atoms with van der Waals surface area (Å²) >= 11 is 0. The summed E-state index contributed by atoms with van der Waals surface area (Å²) in [6, 6.07) is 9.24. The minimum atomic E-state index is -0.960. The summed E-state index contributed by atoms with van der Waals surface area (Å²) < 4.78 is 11.8. The van der Waals surface area contributed by atoms with Crippen LogP contribution in [0.15, 0.2) is 30.3 Å². The van der Waals surface area contributed by atoms with Gasteiger partial charge < -0.3 is 11.1 Å². The summed E-state index contributed by atoms with van der Waals surface area (Å²) in [6.07, 6.45) is 1.56. The molecule has 1 aromatic rings. The third-order valence-electron chi connectivity index (χ3n) is 2.74. The smallest absolute Gasteiger partial charge is 0.236 e. The van der Waals surface area contributed by atoms with Crippen LogP contribution >= 0.6 is 12.4 Å². The van der Waals surface area contributed by atoms with Crippen LogP contribution in [-0.4, -0.2) is 28.5 Å². The van der Waals surface area contributed by atoms with E-state index >= 15 is 0 Å². The third kappa shape index (κ3) is 7.62. The number of benzene rings is 1. The Balaban J connectivity index is 0.00000361.